The molecule has 0 unspecified atom stereocenters. The Balaban J connectivity index is 2.28. The second-order valence-corrected chi connectivity index (χ2v) is 7.85. The Labute approximate surface area is 184 Å². The largest absolute Gasteiger partial charge is 0.480 e. The molecule has 2 amide bonds. The lowest BCUT2D eigenvalue weighted by molar-refractivity contribution is -0.141. The van der Waals surface area contributed by atoms with Crippen LogP contribution in [0.25, 0.3) is 6.08 Å². The van der Waals surface area contributed by atoms with Crippen LogP contribution in [0.4, 0.5) is 0 Å². The first kappa shape index (κ1) is 23.3. The molecule has 2 aromatic carbocycles. The van der Waals surface area contributed by atoms with Crippen LogP contribution in [-0.4, -0.2) is 28.9 Å². The van der Waals surface area contributed by atoms with Gasteiger partial charge >= 0.3 is 5.97 Å². The van der Waals surface area contributed by atoms with Gasteiger partial charge in [0, 0.05) is 10.0 Å². The Morgan fingerprint density at radius 1 is 1.07 bits per heavy atom. The molecule has 0 saturated heterocycles. The quantitative estimate of drug-likeness (QED) is 0.474. The maximum absolute atomic E-state index is 12.8. The van der Waals surface area contributed by atoms with Crippen LogP contribution < -0.4 is 10.6 Å². The predicted octanol–water partition coefficient (Wildman–Crippen LogP) is 4.29. The van der Waals surface area contributed by atoms with Crippen LogP contribution in [0, 0.1) is 6.92 Å². The summed E-state index contributed by atoms with van der Waals surface area (Å²) in [5, 5.41) is 14.5. The van der Waals surface area contributed by atoms with E-state index in [9.17, 15) is 19.5 Å². The first-order chi connectivity index (χ1) is 14.3. The monoisotopic (exact) mass is 472 g/mol. The minimum Gasteiger partial charge on any atom is -0.480 e. The number of rotatable bonds is 9. The molecule has 158 valence electrons. The fraction of sp³-hybridized carbons (Fsp3) is 0.261. The highest BCUT2D eigenvalue weighted by Gasteiger charge is 2.22. The van der Waals surface area contributed by atoms with Gasteiger partial charge < -0.3 is 15.7 Å². The van der Waals surface area contributed by atoms with Crippen molar-refractivity contribution in [2.24, 2.45) is 0 Å². The molecule has 0 heterocycles. The third kappa shape index (κ3) is 7.15. The fourth-order valence-electron chi connectivity index (χ4n) is 2.69. The zero-order chi connectivity index (χ0) is 22.1. The maximum atomic E-state index is 12.8. The van der Waals surface area contributed by atoms with Gasteiger partial charge in [-0.05, 0) is 49.2 Å². The van der Waals surface area contributed by atoms with Crippen LogP contribution in [-0.2, 0) is 9.59 Å². The molecule has 30 heavy (non-hydrogen) atoms. The number of aliphatic carboxylic acids is 1. The summed E-state index contributed by atoms with van der Waals surface area (Å²) < 4.78 is 0.875. The molecule has 0 bridgehead atoms. The zero-order valence-electron chi connectivity index (χ0n) is 16.9. The van der Waals surface area contributed by atoms with E-state index in [0.717, 1.165) is 16.5 Å². The van der Waals surface area contributed by atoms with Gasteiger partial charge in [0.25, 0.3) is 11.8 Å². The summed E-state index contributed by atoms with van der Waals surface area (Å²) in [4.78, 5) is 37.0. The van der Waals surface area contributed by atoms with Gasteiger partial charge in [0.2, 0.25) is 0 Å². The average Bonchev–Trinajstić information content (AvgIpc) is 2.72. The highest BCUT2D eigenvalue weighted by atomic mass is 79.9. The van der Waals surface area contributed by atoms with Gasteiger partial charge in [-0.2, -0.15) is 0 Å². The number of carboxylic acids is 1. The Bertz CT molecular complexity index is 921. The van der Waals surface area contributed by atoms with E-state index in [0.29, 0.717) is 24.0 Å². The summed E-state index contributed by atoms with van der Waals surface area (Å²) in [6, 6.07) is 13.1. The lowest BCUT2D eigenvalue weighted by atomic mass is 10.1. The number of carbonyl (C=O) groups excluding carboxylic acids is 2. The van der Waals surface area contributed by atoms with E-state index in [1.165, 1.54) is 6.08 Å². The van der Waals surface area contributed by atoms with Crippen LogP contribution in [0.2, 0.25) is 0 Å². The van der Waals surface area contributed by atoms with Crippen molar-refractivity contribution in [3.8, 4) is 0 Å². The van der Waals surface area contributed by atoms with Gasteiger partial charge in [0.15, 0.2) is 0 Å². The van der Waals surface area contributed by atoms with E-state index in [1.54, 1.807) is 36.4 Å². The molecule has 2 rings (SSSR count). The molecule has 0 radical (unpaired) electrons. The number of aryl methyl sites for hydroxylation is 1. The Morgan fingerprint density at radius 3 is 2.27 bits per heavy atom. The number of unbranched alkanes of at least 4 members (excludes halogenated alkanes) is 1. The Hall–Kier alpha value is -2.93. The van der Waals surface area contributed by atoms with E-state index in [1.807, 2.05) is 26.0 Å². The molecular formula is C23H25BrN2O4. The summed E-state index contributed by atoms with van der Waals surface area (Å²) in [6.45, 7) is 3.86. The van der Waals surface area contributed by atoms with Crippen LogP contribution in [0.1, 0.15) is 47.7 Å². The van der Waals surface area contributed by atoms with Crippen molar-refractivity contribution in [1.29, 1.82) is 0 Å². The molecule has 3 N–H and O–H groups in total. The van der Waals surface area contributed by atoms with Crippen molar-refractivity contribution >= 4 is 39.8 Å². The van der Waals surface area contributed by atoms with Crippen molar-refractivity contribution in [2.45, 2.75) is 39.2 Å². The lowest BCUT2D eigenvalue weighted by Gasteiger charge is -2.16. The number of carbonyl (C=O) groups is 3. The summed E-state index contributed by atoms with van der Waals surface area (Å²) in [6.07, 6.45) is 3.31. The normalized spacial score (nSPS) is 12.2. The summed E-state index contributed by atoms with van der Waals surface area (Å²) in [5.74, 6) is -2.21. The predicted molar refractivity (Wildman–Crippen MR) is 120 cm³/mol. The first-order valence-corrected chi connectivity index (χ1v) is 10.5. The molecule has 7 heteroatoms. The Kier molecular flexibility index (Phi) is 8.80. The van der Waals surface area contributed by atoms with Gasteiger partial charge in [-0.15, -0.1) is 0 Å². The van der Waals surface area contributed by atoms with Crippen molar-refractivity contribution < 1.29 is 19.5 Å². The second kappa shape index (κ2) is 11.3. The molecule has 2 aromatic rings. The molecule has 1 atom stereocenters. The van der Waals surface area contributed by atoms with Crippen molar-refractivity contribution in [1.82, 2.24) is 10.6 Å². The number of hydrogen-bond acceptors (Lipinski definition) is 3. The molecule has 0 aromatic heterocycles. The summed E-state index contributed by atoms with van der Waals surface area (Å²) in [5.41, 5.74) is 2.07. The van der Waals surface area contributed by atoms with Crippen molar-refractivity contribution in [2.75, 3.05) is 0 Å². The highest BCUT2D eigenvalue weighted by molar-refractivity contribution is 9.10. The first-order valence-electron chi connectivity index (χ1n) is 9.69. The van der Waals surface area contributed by atoms with Gasteiger partial charge in [-0.1, -0.05) is 65.5 Å². The third-order valence-electron chi connectivity index (χ3n) is 4.44. The minimum atomic E-state index is -1.11. The van der Waals surface area contributed by atoms with Gasteiger partial charge in [0.05, 0.1) is 0 Å². The van der Waals surface area contributed by atoms with Crippen LogP contribution >= 0.6 is 15.9 Å². The van der Waals surface area contributed by atoms with Crippen LogP contribution in [0.15, 0.2) is 58.7 Å². The summed E-state index contributed by atoms with van der Waals surface area (Å²) >= 11 is 3.36. The van der Waals surface area contributed by atoms with E-state index < -0.39 is 23.8 Å². The topological polar surface area (TPSA) is 95.5 Å². The Morgan fingerprint density at radius 2 is 1.70 bits per heavy atom. The van der Waals surface area contributed by atoms with Crippen LogP contribution in [0.5, 0.6) is 0 Å². The number of hydrogen-bond donors (Lipinski definition) is 3. The number of amides is 2. The molecule has 0 spiro atoms. The minimum absolute atomic E-state index is 0.0226. The van der Waals surface area contributed by atoms with E-state index >= 15 is 0 Å². The standard InChI is InChI=1S/C23H25BrN2O4/c1-3-4-5-19(23(29)30)25-22(28)20(14-16-8-12-18(24)13-9-16)26-21(27)17-10-6-15(2)7-11-17/h6-14,19H,3-5H2,1-2H3,(H,25,28)(H,26,27)(H,29,30)/b20-14-/t19-/m1/s1. The maximum Gasteiger partial charge on any atom is 0.326 e. The molecule has 0 aliphatic heterocycles. The second-order valence-electron chi connectivity index (χ2n) is 6.94. The molecule has 0 aliphatic rings. The van der Waals surface area contributed by atoms with Crippen molar-refractivity contribution in [3.05, 3.63) is 75.4 Å². The smallest absolute Gasteiger partial charge is 0.326 e. The zero-order valence-corrected chi connectivity index (χ0v) is 18.5. The third-order valence-corrected chi connectivity index (χ3v) is 4.97. The van der Waals surface area contributed by atoms with E-state index in [2.05, 4.69) is 26.6 Å². The van der Waals surface area contributed by atoms with Crippen LogP contribution in [0.3, 0.4) is 0 Å². The number of carboxylic acid groups (broad SMARTS) is 1. The highest BCUT2D eigenvalue weighted by Crippen LogP contribution is 2.14. The summed E-state index contributed by atoms with van der Waals surface area (Å²) in [7, 11) is 0. The fourth-order valence-corrected chi connectivity index (χ4v) is 2.95. The lowest BCUT2D eigenvalue weighted by Crippen LogP contribution is -2.44. The molecule has 0 saturated carbocycles. The number of benzene rings is 2. The van der Waals surface area contributed by atoms with E-state index in [-0.39, 0.29) is 5.70 Å². The van der Waals surface area contributed by atoms with Gasteiger partial charge in [-0.25, -0.2) is 4.79 Å². The SMILES string of the molecule is CCCC[C@@H](NC(=O)/C(=C/c1ccc(Br)cc1)NC(=O)c1ccc(C)cc1)C(=O)O. The van der Waals surface area contributed by atoms with Crippen molar-refractivity contribution in [3.63, 3.8) is 0 Å². The average molecular weight is 473 g/mol. The molecule has 0 fully saturated rings. The number of halogens is 1. The number of nitrogens with one attached hydrogen (secondary N) is 2. The van der Waals surface area contributed by atoms with E-state index in [4.69, 9.17) is 0 Å². The van der Waals surface area contributed by atoms with Gasteiger partial charge in [0.1, 0.15) is 11.7 Å². The van der Waals surface area contributed by atoms with Gasteiger partial charge in [-0.3, -0.25) is 9.59 Å². The molecular weight excluding hydrogens is 448 g/mol. The molecule has 0 aliphatic carbocycles. The molecule has 6 nitrogen and oxygen atoms in total.